The third-order valence-corrected chi connectivity index (χ3v) is 2.37. The van der Waals surface area contributed by atoms with Gasteiger partial charge in [-0.2, -0.15) is 0 Å². The largest absolute Gasteiger partial charge is 0.393 e. The van der Waals surface area contributed by atoms with Gasteiger partial charge < -0.3 is 10.5 Å². The first-order chi connectivity index (χ1) is 7.97. The summed E-state index contributed by atoms with van der Waals surface area (Å²) in [4.78, 5) is 23.6. The summed E-state index contributed by atoms with van der Waals surface area (Å²) in [6.45, 7) is 6.63. The van der Waals surface area contributed by atoms with Crippen LogP contribution in [0.2, 0.25) is 0 Å². The Balaban J connectivity index is 3.01. The lowest BCUT2D eigenvalue weighted by Gasteiger charge is -2.11. The fourth-order valence-corrected chi connectivity index (χ4v) is 1.48. The van der Waals surface area contributed by atoms with Crippen LogP contribution in [0.5, 0.6) is 0 Å². The minimum absolute atomic E-state index is 0.0696. The highest BCUT2D eigenvalue weighted by Gasteiger charge is 2.08. The lowest BCUT2D eigenvalue weighted by Crippen LogP contribution is -2.41. The molecule has 2 N–H and O–H groups in total. The van der Waals surface area contributed by atoms with Gasteiger partial charge in [-0.15, -0.1) is 0 Å². The standard InChI is InChI=1S/C11H19N3O3/c1-4-13-7-9(12)10(15)14(11(13)16)5-6-17-8(2)3/h7-8H,4-6,12H2,1-3H3. The topological polar surface area (TPSA) is 79.2 Å². The molecule has 0 aliphatic heterocycles. The minimum atomic E-state index is -0.452. The molecule has 17 heavy (non-hydrogen) atoms. The molecule has 1 aromatic heterocycles. The van der Waals surface area contributed by atoms with Crippen molar-refractivity contribution < 1.29 is 4.74 Å². The van der Waals surface area contributed by atoms with Crippen molar-refractivity contribution in [3.63, 3.8) is 0 Å². The Bertz CT molecular complexity index is 488. The Hall–Kier alpha value is -1.56. The predicted octanol–water partition coefficient (Wildman–Crippen LogP) is 0.0371. The average Bonchev–Trinajstić information content (AvgIpc) is 2.27. The number of nitrogen functional groups attached to an aromatic ring is 1. The van der Waals surface area contributed by atoms with Crippen molar-refractivity contribution in [3.05, 3.63) is 27.0 Å². The Kier molecular flexibility index (Phi) is 4.51. The van der Waals surface area contributed by atoms with Crippen molar-refractivity contribution in [1.82, 2.24) is 9.13 Å². The van der Waals surface area contributed by atoms with Gasteiger partial charge in [-0.3, -0.25) is 13.9 Å². The molecular formula is C11H19N3O3. The molecule has 0 saturated heterocycles. The molecule has 0 atom stereocenters. The van der Waals surface area contributed by atoms with Gasteiger partial charge in [0.25, 0.3) is 5.56 Å². The molecule has 0 radical (unpaired) electrons. The monoisotopic (exact) mass is 241 g/mol. The first-order valence-electron chi connectivity index (χ1n) is 5.68. The molecule has 96 valence electrons. The van der Waals surface area contributed by atoms with E-state index in [-0.39, 0.29) is 24.0 Å². The second kappa shape index (κ2) is 5.67. The van der Waals surface area contributed by atoms with Crippen LogP contribution in [0.1, 0.15) is 20.8 Å². The van der Waals surface area contributed by atoms with Crippen LogP contribution in [0.3, 0.4) is 0 Å². The molecule has 6 heteroatoms. The van der Waals surface area contributed by atoms with Crippen molar-refractivity contribution in [1.29, 1.82) is 0 Å². The molecule has 0 spiro atoms. The summed E-state index contributed by atoms with van der Waals surface area (Å²) in [7, 11) is 0. The molecular weight excluding hydrogens is 222 g/mol. The van der Waals surface area contributed by atoms with Crippen molar-refractivity contribution >= 4 is 5.69 Å². The van der Waals surface area contributed by atoms with Crippen LogP contribution in [-0.2, 0) is 17.8 Å². The molecule has 0 aromatic carbocycles. The minimum Gasteiger partial charge on any atom is -0.393 e. The van der Waals surface area contributed by atoms with Crippen LogP contribution in [-0.4, -0.2) is 21.8 Å². The molecule has 0 unspecified atom stereocenters. The highest BCUT2D eigenvalue weighted by molar-refractivity contribution is 5.30. The van der Waals surface area contributed by atoms with Crippen LogP contribution in [0.15, 0.2) is 15.8 Å². The second-order valence-corrected chi connectivity index (χ2v) is 4.03. The van der Waals surface area contributed by atoms with Crippen LogP contribution >= 0.6 is 0 Å². The number of nitrogens with two attached hydrogens (primary N) is 1. The molecule has 1 heterocycles. The van der Waals surface area contributed by atoms with Gasteiger partial charge in [-0.1, -0.05) is 0 Å². The van der Waals surface area contributed by atoms with Crippen molar-refractivity contribution in [2.24, 2.45) is 0 Å². The number of rotatable bonds is 5. The van der Waals surface area contributed by atoms with E-state index in [1.54, 1.807) is 0 Å². The SMILES string of the molecule is CCn1cc(N)c(=O)n(CCOC(C)C)c1=O. The van der Waals surface area contributed by atoms with E-state index in [1.807, 2.05) is 20.8 Å². The fraction of sp³-hybridized carbons (Fsp3) is 0.636. The molecule has 0 amide bonds. The van der Waals surface area contributed by atoms with E-state index in [2.05, 4.69) is 0 Å². The van der Waals surface area contributed by atoms with E-state index >= 15 is 0 Å². The Morgan fingerprint density at radius 2 is 2.06 bits per heavy atom. The van der Waals surface area contributed by atoms with E-state index in [4.69, 9.17) is 10.5 Å². The number of ether oxygens (including phenoxy) is 1. The molecule has 0 saturated carbocycles. The van der Waals surface area contributed by atoms with Crippen LogP contribution in [0.4, 0.5) is 5.69 Å². The van der Waals surface area contributed by atoms with Crippen LogP contribution in [0.25, 0.3) is 0 Å². The summed E-state index contributed by atoms with van der Waals surface area (Å²) in [5.41, 5.74) is 4.84. The summed E-state index contributed by atoms with van der Waals surface area (Å²) in [5, 5.41) is 0. The maximum absolute atomic E-state index is 11.9. The van der Waals surface area contributed by atoms with Gasteiger partial charge in [0.15, 0.2) is 0 Å². The highest BCUT2D eigenvalue weighted by Crippen LogP contribution is 1.91. The normalized spacial score (nSPS) is 11.1. The van der Waals surface area contributed by atoms with Gasteiger partial charge in [0.2, 0.25) is 0 Å². The first-order valence-corrected chi connectivity index (χ1v) is 5.68. The second-order valence-electron chi connectivity index (χ2n) is 4.03. The third kappa shape index (κ3) is 3.20. The smallest absolute Gasteiger partial charge is 0.331 e. The van der Waals surface area contributed by atoms with Crippen molar-refractivity contribution in [3.8, 4) is 0 Å². The number of aryl methyl sites for hydroxylation is 1. The number of aromatic nitrogens is 2. The zero-order chi connectivity index (χ0) is 13.0. The summed E-state index contributed by atoms with van der Waals surface area (Å²) in [6.07, 6.45) is 1.45. The first kappa shape index (κ1) is 13.5. The van der Waals surface area contributed by atoms with Crippen LogP contribution in [0, 0.1) is 0 Å². The Morgan fingerprint density at radius 1 is 1.41 bits per heavy atom. The van der Waals surface area contributed by atoms with Gasteiger partial charge in [0, 0.05) is 12.7 Å². The number of hydrogen-bond acceptors (Lipinski definition) is 4. The van der Waals surface area contributed by atoms with E-state index < -0.39 is 5.56 Å². The van der Waals surface area contributed by atoms with Crippen LogP contribution < -0.4 is 17.0 Å². The lowest BCUT2D eigenvalue weighted by molar-refractivity contribution is 0.0714. The molecule has 1 aromatic rings. The molecule has 1 rings (SSSR count). The van der Waals surface area contributed by atoms with Gasteiger partial charge in [-0.05, 0) is 20.8 Å². The van der Waals surface area contributed by atoms with E-state index in [9.17, 15) is 9.59 Å². The maximum atomic E-state index is 11.9. The third-order valence-electron chi connectivity index (χ3n) is 2.37. The Morgan fingerprint density at radius 3 is 2.59 bits per heavy atom. The number of nitrogens with zero attached hydrogens (tertiary/aromatic N) is 2. The van der Waals surface area contributed by atoms with Gasteiger partial charge >= 0.3 is 5.69 Å². The molecule has 0 fully saturated rings. The molecule has 0 aliphatic rings. The average molecular weight is 241 g/mol. The lowest BCUT2D eigenvalue weighted by atomic mass is 10.4. The summed E-state index contributed by atoms with van der Waals surface area (Å²) in [5.74, 6) is 0. The molecule has 0 aliphatic carbocycles. The van der Waals surface area contributed by atoms with E-state index in [0.717, 1.165) is 4.57 Å². The summed E-state index contributed by atoms with van der Waals surface area (Å²) >= 11 is 0. The highest BCUT2D eigenvalue weighted by atomic mass is 16.5. The van der Waals surface area contributed by atoms with Gasteiger partial charge in [0.1, 0.15) is 5.69 Å². The van der Waals surface area contributed by atoms with E-state index in [1.165, 1.54) is 10.8 Å². The fourth-order valence-electron chi connectivity index (χ4n) is 1.48. The van der Waals surface area contributed by atoms with E-state index in [0.29, 0.717) is 13.2 Å². The maximum Gasteiger partial charge on any atom is 0.331 e. The quantitative estimate of drug-likeness (QED) is 0.789. The van der Waals surface area contributed by atoms with Crippen molar-refractivity contribution in [2.45, 2.75) is 40.0 Å². The number of hydrogen-bond donors (Lipinski definition) is 1. The zero-order valence-electron chi connectivity index (χ0n) is 10.5. The number of anilines is 1. The predicted molar refractivity (Wildman–Crippen MR) is 66.1 cm³/mol. The zero-order valence-corrected chi connectivity index (χ0v) is 10.5. The summed E-state index contributed by atoms with van der Waals surface area (Å²) in [6, 6.07) is 0. The Labute approximate surface area is 99.6 Å². The summed E-state index contributed by atoms with van der Waals surface area (Å²) < 4.78 is 7.84. The molecule has 6 nitrogen and oxygen atoms in total. The van der Waals surface area contributed by atoms with Gasteiger partial charge in [0.05, 0.1) is 19.3 Å². The molecule has 0 bridgehead atoms. The van der Waals surface area contributed by atoms with Gasteiger partial charge in [-0.25, -0.2) is 4.79 Å². The van der Waals surface area contributed by atoms with Crippen molar-refractivity contribution in [2.75, 3.05) is 12.3 Å².